The molecule has 21 heavy (non-hydrogen) atoms. The van der Waals surface area contributed by atoms with Crippen LogP contribution in [0.2, 0.25) is 0 Å². The first-order valence-electron chi connectivity index (χ1n) is 7.29. The second kappa shape index (κ2) is 6.06. The average Bonchev–Trinajstić information content (AvgIpc) is 2.88. The fourth-order valence-corrected chi connectivity index (χ4v) is 2.93. The lowest BCUT2D eigenvalue weighted by atomic mass is 9.98. The Bertz CT molecular complexity index is 627. The summed E-state index contributed by atoms with van der Waals surface area (Å²) in [7, 11) is 0. The minimum absolute atomic E-state index is 0.0978. The molecule has 4 nitrogen and oxygen atoms in total. The Hall–Kier alpha value is -2.20. The van der Waals surface area contributed by atoms with Crippen molar-refractivity contribution >= 4 is 11.6 Å². The number of hydrogen-bond donors (Lipinski definition) is 1. The maximum absolute atomic E-state index is 12.6. The largest absolute Gasteiger partial charge is 0.330 e. The number of amides is 1. The Morgan fingerprint density at radius 3 is 2.81 bits per heavy atom. The number of aromatic nitrogens is 1. The fraction of sp³-hybridized carbons (Fsp3) is 0.294. The quantitative estimate of drug-likeness (QED) is 0.933. The molecule has 1 atom stereocenters. The van der Waals surface area contributed by atoms with Crippen LogP contribution in [-0.2, 0) is 11.2 Å². The number of nitrogens with zero attached hydrogens (tertiary/aromatic N) is 2. The van der Waals surface area contributed by atoms with Crippen LogP contribution >= 0.6 is 0 Å². The molecule has 2 aromatic rings. The number of benzene rings is 1. The molecular weight excluding hydrogens is 262 g/mol. The summed E-state index contributed by atoms with van der Waals surface area (Å²) in [6, 6.07) is 13.8. The van der Waals surface area contributed by atoms with E-state index in [0.717, 1.165) is 24.3 Å². The van der Waals surface area contributed by atoms with Crippen LogP contribution in [0.3, 0.4) is 0 Å². The Morgan fingerprint density at radius 1 is 1.24 bits per heavy atom. The molecule has 1 amide bonds. The summed E-state index contributed by atoms with van der Waals surface area (Å²) in [5.41, 5.74) is 8.76. The van der Waals surface area contributed by atoms with Crippen LogP contribution in [0.5, 0.6) is 0 Å². The van der Waals surface area contributed by atoms with Crippen molar-refractivity contribution in [3.05, 3.63) is 59.9 Å². The van der Waals surface area contributed by atoms with Gasteiger partial charge in [0, 0.05) is 30.0 Å². The maximum Gasteiger partial charge on any atom is 0.233 e. The summed E-state index contributed by atoms with van der Waals surface area (Å²) in [5, 5.41) is 0. The molecule has 0 radical (unpaired) electrons. The molecule has 1 aromatic carbocycles. The molecule has 0 saturated carbocycles. The van der Waals surface area contributed by atoms with Crippen LogP contribution in [0.1, 0.15) is 23.6 Å². The van der Waals surface area contributed by atoms with Gasteiger partial charge in [-0.3, -0.25) is 9.78 Å². The van der Waals surface area contributed by atoms with E-state index < -0.39 is 0 Å². The zero-order valence-corrected chi connectivity index (χ0v) is 11.9. The SMILES string of the molecule is NCCC1CN(C(=O)Cc2ccccn2)c2ccccc21. The number of para-hydroxylation sites is 1. The minimum atomic E-state index is 0.0978. The number of hydrogen-bond acceptors (Lipinski definition) is 3. The maximum atomic E-state index is 12.6. The first-order valence-corrected chi connectivity index (χ1v) is 7.29. The summed E-state index contributed by atoms with van der Waals surface area (Å²) in [6.45, 7) is 1.36. The van der Waals surface area contributed by atoms with Gasteiger partial charge in [0.25, 0.3) is 0 Å². The molecule has 4 heteroatoms. The minimum Gasteiger partial charge on any atom is -0.330 e. The molecule has 2 heterocycles. The van der Waals surface area contributed by atoms with E-state index in [0.29, 0.717) is 18.9 Å². The van der Waals surface area contributed by atoms with Gasteiger partial charge >= 0.3 is 0 Å². The first-order chi connectivity index (χ1) is 10.3. The predicted molar refractivity (Wildman–Crippen MR) is 83.1 cm³/mol. The molecule has 3 rings (SSSR count). The van der Waals surface area contributed by atoms with Crippen LogP contribution < -0.4 is 10.6 Å². The molecule has 1 aromatic heterocycles. The van der Waals surface area contributed by atoms with Crippen LogP contribution in [0.25, 0.3) is 0 Å². The van der Waals surface area contributed by atoms with Crippen molar-refractivity contribution in [2.75, 3.05) is 18.0 Å². The van der Waals surface area contributed by atoms with E-state index in [2.05, 4.69) is 11.1 Å². The van der Waals surface area contributed by atoms with Crippen molar-refractivity contribution in [3.8, 4) is 0 Å². The lowest BCUT2D eigenvalue weighted by molar-refractivity contribution is -0.118. The molecule has 1 aliphatic rings. The Labute approximate surface area is 124 Å². The molecule has 0 spiro atoms. The number of carbonyl (C=O) groups excluding carboxylic acids is 1. The molecule has 0 bridgehead atoms. The van der Waals surface area contributed by atoms with Crippen LogP contribution in [-0.4, -0.2) is 24.0 Å². The number of fused-ring (bicyclic) bond motifs is 1. The number of carbonyl (C=O) groups is 1. The highest BCUT2D eigenvalue weighted by atomic mass is 16.2. The molecule has 108 valence electrons. The lowest BCUT2D eigenvalue weighted by Gasteiger charge is -2.17. The van der Waals surface area contributed by atoms with Crippen molar-refractivity contribution in [3.63, 3.8) is 0 Å². The van der Waals surface area contributed by atoms with Gasteiger partial charge in [-0.25, -0.2) is 0 Å². The molecule has 1 aliphatic heterocycles. The molecule has 0 saturated heterocycles. The van der Waals surface area contributed by atoms with Crippen molar-refractivity contribution in [2.24, 2.45) is 5.73 Å². The van der Waals surface area contributed by atoms with Crippen LogP contribution in [0, 0.1) is 0 Å². The van der Waals surface area contributed by atoms with E-state index in [1.807, 2.05) is 41.3 Å². The van der Waals surface area contributed by atoms with Gasteiger partial charge in [-0.2, -0.15) is 0 Å². The lowest BCUT2D eigenvalue weighted by Crippen LogP contribution is -2.31. The highest BCUT2D eigenvalue weighted by Gasteiger charge is 2.31. The zero-order chi connectivity index (χ0) is 14.7. The number of rotatable bonds is 4. The topological polar surface area (TPSA) is 59.2 Å². The van der Waals surface area contributed by atoms with Crippen molar-refractivity contribution in [1.82, 2.24) is 4.98 Å². The molecule has 1 unspecified atom stereocenters. The normalized spacial score (nSPS) is 16.8. The van der Waals surface area contributed by atoms with Gasteiger partial charge in [0.1, 0.15) is 0 Å². The van der Waals surface area contributed by atoms with E-state index in [9.17, 15) is 4.79 Å². The van der Waals surface area contributed by atoms with Gasteiger partial charge in [-0.05, 0) is 36.7 Å². The second-order valence-electron chi connectivity index (χ2n) is 5.34. The smallest absolute Gasteiger partial charge is 0.233 e. The summed E-state index contributed by atoms with van der Waals surface area (Å²) < 4.78 is 0. The second-order valence-corrected chi connectivity index (χ2v) is 5.34. The van der Waals surface area contributed by atoms with E-state index >= 15 is 0 Å². The van der Waals surface area contributed by atoms with Crippen molar-refractivity contribution < 1.29 is 4.79 Å². The molecule has 0 aliphatic carbocycles. The third-order valence-electron chi connectivity index (χ3n) is 3.95. The average molecular weight is 281 g/mol. The van der Waals surface area contributed by atoms with Crippen LogP contribution in [0.4, 0.5) is 5.69 Å². The fourth-order valence-electron chi connectivity index (χ4n) is 2.93. The first kappa shape index (κ1) is 13.8. The Morgan fingerprint density at radius 2 is 2.05 bits per heavy atom. The number of nitrogens with two attached hydrogens (primary N) is 1. The number of pyridine rings is 1. The van der Waals surface area contributed by atoms with Gasteiger partial charge in [-0.15, -0.1) is 0 Å². The summed E-state index contributed by atoms with van der Waals surface area (Å²) >= 11 is 0. The van der Waals surface area contributed by atoms with E-state index in [4.69, 9.17) is 5.73 Å². The van der Waals surface area contributed by atoms with E-state index in [-0.39, 0.29) is 5.91 Å². The van der Waals surface area contributed by atoms with E-state index in [1.54, 1.807) is 6.20 Å². The van der Waals surface area contributed by atoms with Crippen molar-refractivity contribution in [2.45, 2.75) is 18.8 Å². The molecule has 0 fully saturated rings. The third kappa shape index (κ3) is 2.81. The van der Waals surface area contributed by atoms with Crippen LogP contribution in [0.15, 0.2) is 48.7 Å². The van der Waals surface area contributed by atoms with Gasteiger partial charge in [0.15, 0.2) is 0 Å². The predicted octanol–water partition coefficient (Wildman–Crippen LogP) is 2.10. The monoisotopic (exact) mass is 281 g/mol. The molecule has 2 N–H and O–H groups in total. The summed E-state index contributed by atoms with van der Waals surface area (Å²) in [4.78, 5) is 18.7. The standard InChI is InChI=1S/C17H19N3O/c18-9-8-13-12-20(16-7-2-1-6-15(13)16)17(21)11-14-5-3-4-10-19-14/h1-7,10,13H,8-9,11-12,18H2. The summed E-state index contributed by atoms with van der Waals surface area (Å²) in [6.07, 6.45) is 2.96. The van der Waals surface area contributed by atoms with Gasteiger partial charge < -0.3 is 10.6 Å². The molecular formula is C17H19N3O. The Balaban J connectivity index is 1.81. The Kier molecular flexibility index (Phi) is 3.97. The zero-order valence-electron chi connectivity index (χ0n) is 11.9. The highest BCUT2D eigenvalue weighted by Crippen LogP contribution is 2.37. The van der Waals surface area contributed by atoms with Gasteiger partial charge in [0.05, 0.1) is 6.42 Å². The van der Waals surface area contributed by atoms with Crippen molar-refractivity contribution in [1.29, 1.82) is 0 Å². The van der Waals surface area contributed by atoms with Gasteiger partial charge in [-0.1, -0.05) is 24.3 Å². The number of anilines is 1. The third-order valence-corrected chi connectivity index (χ3v) is 3.95. The summed E-state index contributed by atoms with van der Waals surface area (Å²) in [5.74, 6) is 0.444. The highest BCUT2D eigenvalue weighted by molar-refractivity contribution is 5.96. The van der Waals surface area contributed by atoms with E-state index in [1.165, 1.54) is 5.56 Å². The van der Waals surface area contributed by atoms with Gasteiger partial charge in [0.2, 0.25) is 5.91 Å².